The van der Waals surface area contributed by atoms with E-state index in [2.05, 4.69) is 52.0 Å². The molecule has 1 saturated heterocycles. The second-order valence-corrected chi connectivity index (χ2v) is 10.4. The first kappa shape index (κ1) is 25.1. The number of pyridine rings is 1. The van der Waals surface area contributed by atoms with Crippen LogP contribution in [0.3, 0.4) is 0 Å². The van der Waals surface area contributed by atoms with Crippen molar-refractivity contribution in [1.29, 1.82) is 0 Å². The summed E-state index contributed by atoms with van der Waals surface area (Å²) >= 11 is 0. The van der Waals surface area contributed by atoms with E-state index in [1.54, 1.807) is 6.92 Å². The number of nitrogens with two attached hydrogens (primary N) is 1. The molecule has 0 spiro atoms. The van der Waals surface area contributed by atoms with E-state index >= 15 is 0 Å². The van der Waals surface area contributed by atoms with Crippen molar-refractivity contribution in [2.75, 3.05) is 18.5 Å². The summed E-state index contributed by atoms with van der Waals surface area (Å²) in [6.07, 6.45) is 6.00. The second-order valence-electron chi connectivity index (χ2n) is 10.4. The van der Waals surface area contributed by atoms with Crippen LogP contribution in [0.4, 0.5) is 5.82 Å². The van der Waals surface area contributed by atoms with Crippen molar-refractivity contribution in [2.24, 2.45) is 11.7 Å². The van der Waals surface area contributed by atoms with Crippen LogP contribution in [0.5, 0.6) is 0 Å². The Hall–Kier alpha value is -3.55. The third-order valence-corrected chi connectivity index (χ3v) is 7.47. The van der Waals surface area contributed by atoms with Gasteiger partial charge in [0.2, 0.25) is 11.8 Å². The predicted molar refractivity (Wildman–Crippen MR) is 145 cm³/mol. The molecule has 1 saturated carbocycles. The molecule has 5 rings (SSSR count). The van der Waals surface area contributed by atoms with E-state index in [-0.39, 0.29) is 17.9 Å². The summed E-state index contributed by atoms with van der Waals surface area (Å²) in [6.45, 7) is 2.62. The fraction of sp³-hybridized carbons (Fsp3) is 0.367. The van der Waals surface area contributed by atoms with Gasteiger partial charge in [0.25, 0.3) is 0 Å². The minimum absolute atomic E-state index is 0.0112. The maximum Gasteiger partial charge on any atom is 0.225 e. The Labute approximate surface area is 217 Å². The number of carbonyl (C=O) groups excluding carboxylic acids is 2. The monoisotopic (exact) mass is 498 g/mol. The van der Waals surface area contributed by atoms with Gasteiger partial charge in [0.05, 0.1) is 18.8 Å². The number of carbonyl (C=O) groups is 2. The largest absolute Gasteiger partial charge is 0.377 e. The molecule has 7 heteroatoms. The van der Waals surface area contributed by atoms with Crippen LogP contribution in [0.15, 0.2) is 66.9 Å². The van der Waals surface area contributed by atoms with Crippen LogP contribution in [-0.2, 0) is 19.9 Å². The minimum atomic E-state index is -0.406. The van der Waals surface area contributed by atoms with Gasteiger partial charge in [-0.25, -0.2) is 4.98 Å². The Morgan fingerprint density at radius 2 is 1.65 bits per heavy atom. The smallest absolute Gasteiger partial charge is 0.225 e. The maximum atomic E-state index is 12.9. The van der Waals surface area contributed by atoms with Crippen LogP contribution >= 0.6 is 0 Å². The lowest BCUT2D eigenvalue weighted by Crippen LogP contribution is -2.54. The van der Waals surface area contributed by atoms with Gasteiger partial charge in [0, 0.05) is 31.1 Å². The molecule has 1 aliphatic heterocycles. The molecule has 2 fully saturated rings. The van der Waals surface area contributed by atoms with Crippen LogP contribution in [0, 0.1) is 5.92 Å². The van der Waals surface area contributed by atoms with Crippen molar-refractivity contribution in [1.82, 2.24) is 10.3 Å². The molecule has 0 bridgehead atoms. The van der Waals surface area contributed by atoms with Gasteiger partial charge in [-0.15, -0.1) is 0 Å². The van der Waals surface area contributed by atoms with Crippen LogP contribution in [0.1, 0.15) is 44.6 Å². The average molecular weight is 499 g/mol. The molecule has 1 aromatic heterocycles. The first-order valence-electron chi connectivity index (χ1n) is 13.0. The number of nitrogens with zero attached hydrogens (tertiary/aromatic N) is 1. The zero-order valence-electron chi connectivity index (χ0n) is 21.2. The van der Waals surface area contributed by atoms with Crippen LogP contribution in [0.25, 0.3) is 22.3 Å². The Kier molecular flexibility index (Phi) is 7.35. The number of amides is 2. The van der Waals surface area contributed by atoms with E-state index in [1.807, 2.05) is 30.5 Å². The first-order chi connectivity index (χ1) is 17.9. The number of hydrogen-bond acceptors (Lipinski definition) is 5. The third kappa shape index (κ3) is 5.89. The van der Waals surface area contributed by atoms with Gasteiger partial charge in [0.1, 0.15) is 5.82 Å². The fourth-order valence-corrected chi connectivity index (χ4v) is 5.34. The normalized spacial score (nSPS) is 20.5. The zero-order valence-corrected chi connectivity index (χ0v) is 21.2. The molecular weight excluding hydrogens is 464 g/mol. The zero-order chi connectivity index (χ0) is 25.8. The van der Waals surface area contributed by atoms with Gasteiger partial charge in [-0.1, -0.05) is 54.6 Å². The van der Waals surface area contributed by atoms with Gasteiger partial charge in [-0.2, -0.15) is 0 Å². The van der Waals surface area contributed by atoms with E-state index in [4.69, 9.17) is 10.5 Å². The Morgan fingerprint density at radius 3 is 2.27 bits per heavy atom. The van der Waals surface area contributed by atoms with Crippen molar-refractivity contribution >= 4 is 17.6 Å². The van der Waals surface area contributed by atoms with Crippen molar-refractivity contribution in [3.05, 3.63) is 72.4 Å². The molecule has 192 valence electrons. The van der Waals surface area contributed by atoms with Gasteiger partial charge in [-0.3, -0.25) is 9.59 Å². The highest BCUT2D eigenvalue weighted by molar-refractivity contribution is 5.92. The highest BCUT2D eigenvalue weighted by atomic mass is 16.5. The number of anilines is 1. The Morgan fingerprint density at radius 1 is 0.973 bits per heavy atom. The number of nitrogens with one attached hydrogen (secondary N) is 2. The highest BCUT2D eigenvalue weighted by Crippen LogP contribution is 2.35. The molecule has 2 aliphatic rings. The molecule has 0 unspecified atom stereocenters. The molecule has 1 aliphatic carbocycles. The average Bonchev–Trinajstić information content (AvgIpc) is 2.89. The summed E-state index contributed by atoms with van der Waals surface area (Å²) in [7, 11) is 0. The summed E-state index contributed by atoms with van der Waals surface area (Å²) in [5, 5.41) is 6.01. The molecule has 2 amide bonds. The van der Waals surface area contributed by atoms with E-state index in [0.29, 0.717) is 31.4 Å². The van der Waals surface area contributed by atoms with Gasteiger partial charge in [-0.05, 0) is 59.9 Å². The number of hydrogen-bond donors (Lipinski definition) is 3. The summed E-state index contributed by atoms with van der Waals surface area (Å²) < 4.78 is 5.31. The fourth-order valence-electron chi connectivity index (χ4n) is 5.34. The van der Waals surface area contributed by atoms with Crippen molar-refractivity contribution in [2.45, 2.75) is 50.6 Å². The first-order valence-corrected chi connectivity index (χ1v) is 13.0. The number of aromatic nitrogens is 1. The van der Waals surface area contributed by atoms with Crippen LogP contribution in [-0.4, -0.2) is 36.1 Å². The van der Waals surface area contributed by atoms with Gasteiger partial charge in [0.15, 0.2) is 0 Å². The SMILES string of the molecule is CC(=O)NC1CCC(CC(=O)Nc2cc(-c3ccccc3)c(-c3ccc(C4(N)COC4)cc3)cn2)CC1. The molecule has 2 aromatic carbocycles. The lowest BCUT2D eigenvalue weighted by atomic mass is 9.84. The van der Waals surface area contributed by atoms with Crippen LogP contribution < -0.4 is 16.4 Å². The van der Waals surface area contributed by atoms with E-state index < -0.39 is 5.54 Å². The van der Waals surface area contributed by atoms with Crippen molar-refractivity contribution in [3.63, 3.8) is 0 Å². The lowest BCUT2D eigenvalue weighted by molar-refractivity contribution is -0.120. The molecule has 0 radical (unpaired) electrons. The summed E-state index contributed by atoms with van der Waals surface area (Å²) in [5.74, 6) is 0.853. The van der Waals surface area contributed by atoms with Crippen LogP contribution in [0.2, 0.25) is 0 Å². The number of benzene rings is 2. The molecule has 0 atom stereocenters. The second kappa shape index (κ2) is 10.8. The predicted octanol–water partition coefficient (Wildman–Crippen LogP) is 4.62. The minimum Gasteiger partial charge on any atom is -0.377 e. The van der Waals surface area contributed by atoms with E-state index in [0.717, 1.165) is 53.5 Å². The van der Waals surface area contributed by atoms with Gasteiger partial charge < -0.3 is 21.1 Å². The quantitative estimate of drug-likeness (QED) is 0.441. The third-order valence-electron chi connectivity index (χ3n) is 7.47. The van der Waals surface area contributed by atoms with Crippen molar-refractivity contribution < 1.29 is 14.3 Å². The Balaban J connectivity index is 1.31. The molecule has 7 nitrogen and oxygen atoms in total. The van der Waals surface area contributed by atoms with E-state index in [1.165, 1.54) is 0 Å². The number of rotatable bonds is 7. The molecule has 4 N–H and O–H groups in total. The standard InChI is InChI=1S/C30H34N4O3/c1-20(35)33-25-13-7-21(8-14-25)15-29(36)34-28-16-26(22-5-3-2-4-6-22)27(17-32-28)23-9-11-24(12-10-23)30(31)18-37-19-30/h2-6,9-12,16-17,21,25H,7-8,13-15,18-19,31H2,1H3,(H,33,35)(H,32,34,36). The summed E-state index contributed by atoms with van der Waals surface area (Å²) in [6, 6.07) is 20.6. The maximum absolute atomic E-state index is 12.9. The molecule has 2 heterocycles. The highest BCUT2D eigenvalue weighted by Gasteiger charge is 2.35. The Bertz CT molecular complexity index is 1250. The summed E-state index contributed by atoms with van der Waals surface area (Å²) in [5.41, 5.74) is 11.1. The topological polar surface area (TPSA) is 106 Å². The molecule has 3 aromatic rings. The molecule has 37 heavy (non-hydrogen) atoms. The van der Waals surface area contributed by atoms with Crippen molar-refractivity contribution in [3.8, 4) is 22.3 Å². The summed E-state index contributed by atoms with van der Waals surface area (Å²) in [4.78, 5) is 28.8. The molecular formula is C30H34N4O3. The lowest BCUT2D eigenvalue weighted by Gasteiger charge is -2.38. The van der Waals surface area contributed by atoms with Gasteiger partial charge >= 0.3 is 0 Å². The number of ether oxygens (including phenoxy) is 1. The van der Waals surface area contributed by atoms with E-state index in [9.17, 15) is 9.59 Å².